The minimum atomic E-state index is -2.83. The molecule has 0 heterocycles. The van der Waals surface area contributed by atoms with Gasteiger partial charge in [0.05, 0.1) is 6.04 Å². The molecule has 1 unspecified atom stereocenters. The summed E-state index contributed by atoms with van der Waals surface area (Å²) >= 11 is 0. The van der Waals surface area contributed by atoms with Crippen molar-refractivity contribution in [3.05, 3.63) is 29.8 Å². The first-order valence-electron chi connectivity index (χ1n) is 4.79. The van der Waals surface area contributed by atoms with E-state index in [-0.39, 0.29) is 11.8 Å². The molecule has 0 amide bonds. The highest BCUT2D eigenvalue weighted by Gasteiger charge is 2.08. The van der Waals surface area contributed by atoms with E-state index in [2.05, 4.69) is 9.73 Å². The summed E-state index contributed by atoms with van der Waals surface area (Å²) in [6, 6.07) is 5.77. The predicted molar refractivity (Wildman–Crippen MR) is 54.2 cm³/mol. The normalized spacial score (nSPS) is 12.0. The van der Waals surface area contributed by atoms with Gasteiger partial charge in [-0.2, -0.15) is 13.8 Å². The lowest BCUT2D eigenvalue weighted by Crippen LogP contribution is -2.02. The molecule has 1 rings (SSSR count). The molecule has 3 nitrogen and oxygen atoms in total. The van der Waals surface area contributed by atoms with Gasteiger partial charge in [0, 0.05) is 0 Å². The lowest BCUT2D eigenvalue weighted by atomic mass is 10.1. The van der Waals surface area contributed by atoms with Crippen LogP contribution in [-0.2, 0) is 4.79 Å². The van der Waals surface area contributed by atoms with Gasteiger partial charge < -0.3 is 4.74 Å². The van der Waals surface area contributed by atoms with E-state index in [0.717, 1.165) is 5.56 Å². The maximum Gasteiger partial charge on any atom is 0.387 e. The first kappa shape index (κ1) is 12.3. The van der Waals surface area contributed by atoms with Gasteiger partial charge >= 0.3 is 6.61 Å². The summed E-state index contributed by atoms with van der Waals surface area (Å²) in [6.07, 6.45) is 2.13. The van der Waals surface area contributed by atoms with Crippen LogP contribution in [0.2, 0.25) is 0 Å². The van der Waals surface area contributed by atoms with Crippen molar-refractivity contribution in [3.8, 4) is 5.75 Å². The maximum atomic E-state index is 11.9. The number of benzene rings is 1. The van der Waals surface area contributed by atoms with Gasteiger partial charge in [0.1, 0.15) is 5.75 Å². The second-order valence-electron chi connectivity index (χ2n) is 3.09. The van der Waals surface area contributed by atoms with Gasteiger partial charge in [-0.3, -0.25) is 0 Å². The summed E-state index contributed by atoms with van der Waals surface area (Å²) < 4.78 is 28.0. The first-order chi connectivity index (χ1) is 7.67. The molecule has 0 aliphatic heterocycles. The molecule has 5 heteroatoms. The van der Waals surface area contributed by atoms with Crippen LogP contribution in [0.1, 0.15) is 24.9 Å². The van der Waals surface area contributed by atoms with Crippen molar-refractivity contribution in [2.24, 2.45) is 4.99 Å². The summed E-state index contributed by atoms with van der Waals surface area (Å²) in [5.41, 5.74) is 0.771. The monoisotopic (exact) mass is 227 g/mol. The number of isocyanates is 1. The summed E-state index contributed by atoms with van der Waals surface area (Å²) in [7, 11) is 0. The Morgan fingerprint density at radius 2 is 2.00 bits per heavy atom. The maximum absolute atomic E-state index is 11.9. The fourth-order valence-corrected chi connectivity index (χ4v) is 1.34. The molecule has 86 valence electrons. The Kier molecular flexibility index (Phi) is 4.61. The highest BCUT2D eigenvalue weighted by molar-refractivity contribution is 5.36. The molecule has 0 saturated heterocycles. The Labute approximate surface area is 91.8 Å². The quantitative estimate of drug-likeness (QED) is 0.572. The Morgan fingerprint density at radius 3 is 2.44 bits per heavy atom. The molecule has 16 heavy (non-hydrogen) atoms. The number of carbonyl (C=O) groups excluding carboxylic acids is 1. The highest BCUT2D eigenvalue weighted by atomic mass is 19.3. The summed E-state index contributed by atoms with van der Waals surface area (Å²) in [5, 5.41) is 0. The van der Waals surface area contributed by atoms with E-state index < -0.39 is 6.61 Å². The second kappa shape index (κ2) is 5.98. The number of alkyl halides is 2. The fraction of sp³-hybridized carbons (Fsp3) is 0.364. The third kappa shape index (κ3) is 3.44. The standard InChI is InChI=1S/C11H11F2NO2/c1-2-10(14-7-15)8-3-5-9(6-4-8)16-11(12)13/h3-6,10-11H,2H2,1H3. The van der Waals surface area contributed by atoms with Crippen molar-refractivity contribution in [1.82, 2.24) is 0 Å². The first-order valence-corrected chi connectivity index (χ1v) is 4.79. The van der Waals surface area contributed by atoms with Crippen molar-refractivity contribution in [3.63, 3.8) is 0 Å². The number of nitrogens with zero attached hydrogens (tertiary/aromatic N) is 1. The van der Waals surface area contributed by atoms with E-state index in [1.165, 1.54) is 18.2 Å². The molecule has 0 aliphatic rings. The third-order valence-electron chi connectivity index (χ3n) is 2.09. The van der Waals surface area contributed by atoms with E-state index in [9.17, 15) is 13.6 Å². The van der Waals surface area contributed by atoms with Crippen LogP contribution in [0.5, 0.6) is 5.75 Å². The summed E-state index contributed by atoms with van der Waals surface area (Å²) in [5.74, 6) is 0.0867. The molecule has 1 atom stereocenters. The molecule has 0 fully saturated rings. The molecular weight excluding hydrogens is 216 g/mol. The van der Waals surface area contributed by atoms with E-state index in [0.29, 0.717) is 6.42 Å². The molecule has 1 aromatic carbocycles. The minimum Gasteiger partial charge on any atom is -0.435 e. The average Bonchev–Trinajstić information content (AvgIpc) is 2.26. The van der Waals surface area contributed by atoms with Crippen LogP contribution in [0, 0.1) is 0 Å². The fourth-order valence-electron chi connectivity index (χ4n) is 1.34. The Morgan fingerprint density at radius 1 is 1.38 bits per heavy atom. The number of ether oxygens (including phenoxy) is 1. The summed E-state index contributed by atoms with van der Waals surface area (Å²) in [4.78, 5) is 13.8. The van der Waals surface area contributed by atoms with Crippen LogP contribution in [-0.4, -0.2) is 12.7 Å². The Balaban J connectivity index is 2.80. The zero-order valence-corrected chi connectivity index (χ0v) is 8.69. The zero-order valence-electron chi connectivity index (χ0n) is 8.69. The van der Waals surface area contributed by atoms with Crippen molar-refractivity contribution in [2.45, 2.75) is 26.0 Å². The van der Waals surface area contributed by atoms with Crippen LogP contribution in [0.3, 0.4) is 0 Å². The molecule has 1 aromatic rings. The van der Waals surface area contributed by atoms with E-state index >= 15 is 0 Å². The smallest absolute Gasteiger partial charge is 0.387 e. The number of halogens is 2. The van der Waals surface area contributed by atoms with Crippen molar-refractivity contribution in [1.29, 1.82) is 0 Å². The SMILES string of the molecule is CCC(N=C=O)c1ccc(OC(F)F)cc1. The predicted octanol–water partition coefficient (Wildman–Crippen LogP) is 3.07. The lowest BCUT2D eigenvalue weighted by Gasteiger charge is -2.09. The van der Waals surface area contributed by atoms with Crippen LogP contribution in [0.15, 0.2) is 29.3 Å². The van der Waals surface area contributed by atoms with Gasteiger partial charge in [-0.15, -0.1) is 0 Å². The van der Waals surface area contributed by atoms with Gasteiger partial charge in [0.25, 0.3) is 0 Å². The molecule has 0 spiro atoms. The molecule has 0 aliphatic carbocycles. The Bertz CT molecular complexity index is 372. The highest BCUT2D eigenvalue weighted by Crippen LogP contribution is 2.23. The van der Waals surface area contributed by atoms with Crippen LogP contribution in [0.25, 0.3) is 0 Å². The van der Waals surface area contributed by atoms with Gasteiger partial charge in [-0.25, -0.2) is 4.79 Å². The van der Waals surface area contributed by atoms with Gasteiger partial charge in [-0.05, 0) is 24.1 Å². The van der Waals surface area contributed by atoms with Gasteiger partial charge in [0.2, 0.25) is 6.08 Å². The van der Waals surface area contributed by atoms with Crippen LogP contribution >= 0.6 is 0 Å². The van der Waals surface area contributed by atoms with Crippen molar-refractivity contribution in [2.75, 3.05) is 0 Å². The van der Waals surface area contributed by atoms with Gasteiger partial charge in [-0.1, -0.05) is 19.1 Å². The van der Waals surface area contributed by atoms with E-state index in [1.54, 1.807) is 12.1 Å². The number of hydrogen-bond donors (Lipinski definition) is 0. The molecule has 0 radical (unpaired) electrons. The van der Waals surface area contributed by atoms with E-state index in [1.807, 2.05) is 6.92 Å². The molecule has 0 bridgehead atoms. The lowest BCUT2D eigenvalue weighted by molar-refractivity contribution is -0.0498. The summed E-state index contributed by atoms with van der Waals surface area (Å²) in [6.45, 7) is -0.962. The largest absolute Gasteiger partial charge is 0.435 e. The van der Waals surface area contributed by atoms with E-state index in [4.69, 9.17) is 0 Å². The second-order valence-corrected chi connectivity index (χ2v) is 3.09. The van der Waals surface area contributed by atoms with Gasteiger partial charge in [0.15, 0.2) is 0 Å². The molecule has 0 aromatic heterocycles. The van der Waals surface area contributed by atoms with Crippen LogP contribution in [0.4, 0.5) is 8.78 Å². The number of rotatable bonds is 5. The number of hydrogen-bond acceptors (Lipinski definition) is 3. The van der Waals surface area contributed by atoms with Crippen molar-refractivity contribution < 1.29 is 18.3 Å². The average molecular weight is 227 g/mol. The van der Waals surface area contributed by atoms with Crippen LogP contribution < -0.4 is 4.74 Å². The molecular formula is C11H11F2NO2. The Hall–Kier alpha value is -1.74. The third-order valence-corrected chi connectivity index (χ3v) is 2.09. The topological polar surface area (TPSA) is 38.7 Å². The number of aliphatic imine (C=N–C) groups is 1. The molecule has 0 N–H and O–H groups in total. The zero-order chi connectivity index (χ0) is 12.0. The molecule has 0 saturated carbocycles. The minimum absolute atomic E-state index is 0.0867. The van der Waals surface area contributed by atoms with Crippen molar-refractivity contribution >= 4 is 6.08 Å².